The van der Waals surface area contributed by atoms with Crippen LogP contribution in [0, 0.1) is 18.3 Å². The van der Waals surface area contributed by atoms with Crippen LogP contribution in [0.5, 0.6) is 0 Å². The maximum Gasteiger partial charge on any atom is 0.251 e. The van der Waals surface area contributed by atoms with Crippen molar-refractivity contribution < 1.29 is 0 Å². The van der Waals surface area contributed by atoms with Gasteiger partial charge in [-0.1, -0.05) is 22.9 Å². The van der Waals surface area contributed by atoms with Crippen molar-refractivity contribution in [2.45, 2.75) is 13.3 Å². The minimum atomic E-state index is -0.102. The van der Waals surface area contributed by atoms with Gasteiger partial charge in [0.1, 0.15) is 10.9 Å². The predicted octanol–water partition coefficient (Wildman–Crippen LogP) is 3.47. The van der Waals surface area contributed by atoms with Gasteiger partial charge in [-0.25, -0.2) is 4.98 Å². The number of aryl methyl sites for hydroxylation is 1. The molecule has 0 amide bonds. The highest BCUT2D eigenvalue weighted by molar-refractivity contribution is 7.16. The molecule has 0 bridgehead atoms. The average molecular weight is 345 g/mol. The van der Waals surface area contributed by atoms with E-state index in [0.29, 0.717) is 33.6 Å². The van der Waals surface area contributed by atoms with E-state index in [2.05, 4.69) is 21.4 Å². The van der Waals surface area contributed by atoms with Crippen molar-refractivity contribution in [1.82, 2.24) is 9.97 Å². The molecule has 0 atom stereocenters. The highest BCUT2D eigenvalue weighted by Gasteiger charge is 2.07. The summed E-state index contributed by atoms with van der Waals surface area (Å²) in [5.41, 5.74) is 2.07. The van der Waals surface area contributed by atoms with Crippen molar-refractivity contribution in [3.63, 3.8) is 0 Å². The standard InChI is InChI=1S/C16H13ClN4OS/c1-9-14(8-18)23-16(20-9)19-5-4-10-6-11-7-12(17)2-3-13(11)21-15(10)22/h2-3,6-7H,4-5H2,1H3,(H,19,20)(H,21,22). The molecule has 0 saturated carbocycles. The second-order valence-corrected chi connectivity index (χ2v) is 6.51. The van der Waals surface area contributed by atoms with Gasteiger partial charge in [-0.3, -0.25) is 4.79 Å². The number of hydrogen-bond acceptors (Lipinski definition) is 5. The third kappa shape index (κ3) is 3.36. The number of hydrogen-bond donors (Lipinski definition) is 2. The summed E-state index contributed by atoms with van der Waals surface area (Å²) in [6.45, 7) is 2.37. The number of halogens is 1. The van der Waals surface area contributed by atoms with Crippen LogP contribution in [0.4, 0.5) is 5.13 Å². The smallest absolute Gasteiger partial charge is 0.251 e. The lowest BCUT2D eigenvalue weighted by Crippen LogP contribution is -2.16. The summed E-state index contributed by atoms with van der Waals surface area (Å²) < 4.78 is 0. The van der Waals surface area contributed by atoms with Crippen LogP contribution in [0.25, 0.3) is 10.9 Å². The number of aromatic nitrogens is 2. The van der Waals surface area contributed by atoms with Gasteiger partial charge < -0.3 is 10.3 Å². The van der Waals surface area contributed by atoms with Crippen molar-refractivity contribution in [3.05, 3.63) is 55.8 Å². The minimum Gasteiger partial charge on any atom is -0.361 e. The number of nitrogens with zero attached hydrogens (tertiary/aromatic N) is 2. The molecule has 0 spiro atoms. The van der Waals surface area contributed by atoms with Crippen LogP contribution in [0.2, 0.25) is 5.02 Å². The molecule has 7 heteroatoms. The molecule has 116 valence electrons. The van der Waals surface area contributed by atoms with E-state index in [-0.39, 0.29) is 5.56 Å². The lowest BCUT2D eigenvalue weighted by Gasteiger charge is -2.05. The average Bonchev–Trinajstić information content (AvgIpc) is 2.88. The van der Waals surface area contributed by atoms with E-state index in [0.717, 1.165) is 16.6 Å². The molecule has 3 aromatic rings. The van der Waals surface area contributed by atoms with Crippen LogP contribution in [-0.2, 0) is 6.42 Å². The Labute approximate surface area is 141 Å². The zero-order valence-electron chi connectivity index (χ0n) is 12.3. The monoisotopic (exact) mass is 344 g/mol. The molecule has 0 aliphatic rings. The Morgan fingerprint density at radius 1 is 1.43 bits per heavy atom. The van der Waals surface area contributed by atoms with Gasteiger partial charge >= 0.3 is 0 Å². The Kier molecular flexibility index (Phi) is 4.33. The van der Waals surface area contributed by atoms with Crippen LogP contribution >= 0.6 is 22.9 Å². The molecule has 0 saturated heterocycles. The molecule has 1 aromatic carbocycles. The van der Waals surface area contributed by atoms with Gasteiger partial charge in [0.05, 0.1) is 5.69 Å². The van der Waals surface area contributed by atoms with E-state index in [1.807, 2.05) is 12.1 Å². The van der Waals surface area contributed by atoms with Gasteiger partial charge in [-0.15, -0.1) is 0 Å². The summed E-state index contributed by atoms with van der Waals surface area (Å²) in [4.78, 5) is 19.8. The molecule has 0 aliphatic heterocycles. The van der Waals surface area contributed by atoms with Crippen molar-refractivity contribution in [2.75, 3.05) is 11.9 Å². The first-order valence-electron chi connectivity index (χ1n) is 6.99. The SMILES string of the molecule is Cc1nc(NCCc2cc3cc(Cl)ccc3[nH]c2=O)sc1C#N. The number of fused-ring (bicyclic) bond motifs is 1. The van der Waals surface area contributed by atoms with E-state index in [4.69, 9.17) is 16.9 Å². The summed E-state index contributed by atoms with van der Waals surface area (Å²) in [6, 6.07) is 9.33. The fourth-order valence-electron chi connectivity index (χ4n) is 2.29. The minimum absolute atomic E-state index is 0.102. The van der Waals surface area contributed by atoms with Gasteiger partial charge in [0.15, 0.2) is 5.13 Å². The second kappa shape index (κ2) is 6.41. The van der Waals surface area contributed by atoms with Gasteiger partial charge in [0, 0.05) is 22.6 Å². The van der Waals surface area contributed by atoms with Crippen LogP contribution in [-0.4, -0.2) is 16.5 Å². The Bertz CT molecular complexity index is 970. The molecule has 2 N–H and O–H groups in total. The van der Waals surface area contributed by atoms with E-state index in [1.165, 1.54) is 11.3 Å². The summed E-state index contributed by atoms with van der Waals surface area (Å²) in [7, 11) is 0. The highest BCUT2D eigenvalue weighted by Crippen LogP contribution is 2.21. The number of aromatic amines is 1. The molecule has 2 aromatic heterocycles. The van der Waals surface area contributed by atoms with Crippen LogP contribution < -0.4 is 10.9 Å². The number of pyridine rings is 1. The topological polar surface area (TPSA) is 81.6 Å². The number of rotatable bonds is 4. The maximum atomic E-state index is 12.1. The third-order valence-corrected chi connectivity index (χ3v) is 4.71. The van der Waals surface area contributed by atoms with Gasteiger partial charge in [0.2, 0.25) is 0 Å². The van der Waals surface area contributed by atoms with Crippen LogP contribution in [0.1, 0.15) is 16.1 Å². The maximum absolute atomic E-state index is 12.1. The van der Waals surface area contributed by atoms with Gasteiger partial charge in [0.25, 0.3) is 5.56 Å². The Morgan fingerprint density at radius 3 is 3.00 bits per heavy atom. The number of H-pyrrole nitrogens is 1. The largest absolute Gasteiger partial charge is 0.361 e. The number of anilines is 1. The fourth-order valence-corrected chi connectivity index (χ4v) is 3.26. The quantitative estimate of drug-likeness (QED) is 0.759. The van der Waals surface area contributed by atoms with E-state index >= 15 is 0 Å². The molecule has 2 heterocycles. The molecule has 0 radical (unpaired) electrons. The van der Waals surface area contributed by atoms with Crippen LogP contribution in [0.15, 0.2) is 29.1 Å². The number of nitriles is 1. The Morgan fingerprint density at radius 2 is 2.26 bits per heavy atom. The number of thiazole rings is 1. The van der Waals surface area contributed by atoms with Gasteiger partial charge in [-0.2, -0.15) is 5.26 Å². The lowest BCUT2D eigenvalue weighted by atomic mass is 10.1. The fraction of sp³-hybridized carbons (Fsp3) is 0.188. The highest BCUT2D eigenvalue weighted by atomic mass is 35.5. The zero-order chi connectivity index (χ0) is 16.4. The van der Waals surface area contributed by atoms with E-state index < -0.39 is 0 Å². The summed E-state index contributed by atoms with van der Waals surface area (Å²) in [6.07, 6.45) is 0.554. The van der Waals surface area contributed by atoms with Crippen LogP contribution in [0.3, 0.4) is 0 Å². The zero-order valence-corrected chi connectivity index (χ0v) is 13.9. The summed E-state index contributed by atoms with van der Waals surface area (Å²) in [5, 5.41) is 14.3. The molecular formula is C16H13ClN4OS. The number of benzene rings is 1. The molecular weight excluding hydrogens is 332 g/mol. The number of nitrogens with one attached hydrogen (secondary N) is 2. The van der Waals surface area contributed by atoms with Crippen molar-refractivity contribution in [3.8, 4) is 6.07 Å². The van der Waals surface area contributed by atoms with E-state index in [9.17, 15) is 4.79 Å². The first-order valence-corrected chi connectivity index (χ1v) is 8.19. The Balaban J connectivity index is 1.75. The summed E-state index contributed by atoms with van der Waals surface area (Å²) >= 11 is 7.31. The third-order valence-electron chi connectivity index (χ3n) is 3.45. The molecule has 0 fully saturated rings. The Hall–Kier alpha value is -2.36. The summed E-state index contributed by atoms with van der Waals surface area (Å²) in [5.74, 6) is 0. The molecule has 3 rings (SSSR count). The molecule has 0 aliphatic carbocycles. The van der Waals surface area contributed by atoms with Crippen molar-refractivity contribution in [1.29, 1.82) is 5.26 Å². The molecule has 5 nitrogen and oxygen atoms in total. The van der Waals surface area contributed by atoms with E-state index in [1.54, 1.807) is 19.1 Å². The van der Waals surface area contributed by atoms with Crippen molar-refractivity contribution in [2.24, 2.45) is 0 Å². The molecule has 23 heavy (non-hydrogen) atoms. The normalized spacial score (nSPS) is 10.7. The van der Waals surface area contributed by atoms with Crippen molar-refractivity contribution >= 4 is 39.0 Å². The predicted molar refractivity (Wildman–Crippen MR) is 93.3 cm³/mol. The second-order valence-electron chi connectivity index (χ2n) is 5.08. The first-order chi connectivity index (χ1) is 11.1. The lowest BCUT2D eigenvalue weighted by molar-refractivity contribution is 0.987. The first kappa shape index (κ1) is 15.5. The van der Waals surface area contributed by atoms with Gasteiger partial charge in [-0.05, 0) is 43.0 Å². The molecule has 0 unspecified atom stereocenters.